The number of nitrogens with zero attached hydrogens (tertiary/aromatic N) is 1. The van der Waals surface area contributed by atoms with Crippen molar-refractivity contribution in [2.45, 2.75) is 40.5 Å². The molecule has 0 N–H and O–H groups in total. The van der Waals surface area contributed by atoms with Gasteiger partial charge in [-0.3, -0.25) is 0 Å². The van der Waals surface area contributed by atoms with Crippen LogP contribution in [0.5, 0.6) is 0 Å². The van der Waals surface area contributed by atoms with Gasteiger partial charge in [0.25, 0.3) is 0 Å². The molecule has 0 aliphatic carbocycles. The molecule has 1 nitrogen and oxygen atoms in total. The minimum Gasteiger partial charge on any atom is -0.242 e. The van der Waals surface area contributed by atoms with Crippen LogP contribution < -0.4 is 0 Å². The molecule has 0 fully saturated rings. The summed E-state index contributed by atoms with van der Waals surface area (Å²) < 4.78 is 1.36. The lowest BCUT2D eigenvalue weighted by molar-refractivity contribution is 0.699. The van der Waals surface area contributed by atoms with Crippen LogP contribution in [0.4, 0.5) is 0 Å². The fourth-order valence-corrected chi connectivity index (χ4v) is 2.41. The minimum absolute atomic E-state index is 0.589. The van der Waals surface area contributed by atoms with Gasteiger partial charge >= 0.3 is 0 Å². The topological polar surface area (TPSA) is 12.9 Å². The third-order valence-corrected chi connectivity index (χ3v) is 4.23. The van der Waals surface area contributed by atoms with Gasteiger partial charge in [0.05, 0.1) is 10.7 Å². The second-order valence-corrected chi connectivity index (χ2v) is 6.98. The Bertz CT molecular complexity index is 414. The van der Waals surface area contributed by atoms with Gasteiger partial charge in [-0.15, -0.1) is 11.3 Å². The molecule has 0 aliphatic rings. The van der Waals surface area contributed by atoms with Crippen LogP contribution in [-0.4, -0.2) is 4.98 Å². The van der Waals surface area contributed by atoms with Gasteiger partial charge in [-0.25, -0.2) is 4.98 Å². The van der Waals surface area contributed by atoms with Gasteiger partial charge in [-0.2, -0.15) is 0 Å². The molecule has 0 amide bonds. The van der Waals surface area contributed by atoms with E-state index in [0.29, 0.717) is 5.92 Å². The molecule has 1 atom stereocenters. The van der Waals surface area contributed by atoms with Gasteiger partial charge in [0.15, 0.2) is 0 Å². The van der Waals surface area contributed by atoms with E-state index in [2.05, 4.69) is 72.8 Å². The van der Waals surface area contributed by atoms with E-state index in [1.807, 2.05) is 0 Å². The van der Waals surface area contributed by atoms with Crippen LogP contribution in [0.25, 0.3) is 6.08 Å². The third kappa shape index (κ3) is 5.34. The molecule has 17 heavy (non-hydrogen) atoms. The quantitative estimate of drug-likeness (QED) is 0.634. The first-order chi connectivity index (χ1) is 8.02. The molecule has 1 aromatic rings. The highest BCUT2D eigenvalue weighted by molar-refractivity contribution is 14.1. The molecule has 0 unspecified atom stereocenters. The lowest BCUT2D eigenvalue weighted by Gasteiger charge is -2.09. The van der Waals surface area contributed by atoms with Crippen molar-refractivity contribution in [1.29, 1.82) is 0 Å². The van der Waals surface area contributed by atoms with Crippen LogP contribution in [-0.2, 0) is 6.42 Å². The summed E-state index contributed by atoms with van der Waals surface area (Å²) in [6.07, 6.45) is 6.66. The van der Waals surface area contributed by atoms with Gasteiger partial charge in [-0.05, 0) is 64.9 Å². The molecule has 0 saturated carbocycles. The van der Waals surface area contributed by atoms with Gasteiger partial charge in [0, 0.05) is 5.38 Å². The number of hydrogen-bond donors (Lipinski definition) is 0. The number of aryl methyl sites for hydroxylation is 1. The Labute approximate surface area is 122 Å². The SMILES string of the molecule is CCc1nc(/C=C(\C)[C@@H](C)C/C=C(/C)I)cs1. The van der Waals surface area contributed by atoms with E-state index in [1.54, 1.807) is 11.3 Å². The average molecular weight is 361 g/mol. The highest BCUT2D eigenvalue weighted by Crippen LogP contribution is 2.21. The third-order valence-electron chi connectivity index (χ3n) is 2.78. The van der Waals surface area contributed by atoms with E-state index in [-0.39, 0.29) is 0 Å². The summed E-state index contributed by atoms with van der Waals surface area (Å²) in [5.74, 6) is 0.589. The first kappa shape index (κ1) is 14.9. The number of aromatic nitrogens is 1. The highest BCUT2D eigenvalue weighted by atomic mass is 127. The Kier molecular flexibility index (Phi) is 6.41. The summed E-state index contributed by atoms with van der Waals surface area (Å²) in [4.78, 5) is 4.57. The molecular formula is C14H20INS. The standard InChI is InChI=1S/C14H20INS/c1-5-14-16-13(9-17-14)8-11(3)10(2)6-7-12(4)15/h7-10H,5-6H2,1-4H3/b11-8+,12-7-/t10-/m0/s1. The molecule has 1 heterocycles. The molecular weight excluding hydrogens is 341 g/mol. The molecule has 0 radical (unpaired) electrons. The predicted molar refractivity (Wildman–Crippen MR) is 86.7 cm³/mol. The summed E-state index contributed by atoms with van der Waals surface area (Å²) in [6.45, 7) is 8.76. The summed E-state index contributed by atoms with van der Waals surface area (Å²) in [7, 11) is 0. The van der Waals surface area contributed by atoms with Crippen molar-refractivity contribution >= 4 is 40.0 Å². The van der Waals surface area contributed by atoms with E-state index >= 15 is 0 Å². The van der Waals surface area contributed by atoms with Gasteiger partial charge in [0.2, 0.25) is 0 Å². The summed E-state index contributed by atoms with van der Waals surface area (Å²) in [5, 5.41) is 3.37. The number of allylic oxidation sites excluding steroid dienone is 3. The fraction of sp³-hybridized carbons (Fsp3) is 0.500. The summed E-state index contributed by atoms with van der Waals surface area (Å²) >= 11 is 4.11. The van der Waals surface area contributed by atoms with Crippen LogP contribution in [0.1, 0.15) is 44.8 Å². The first-order valence-corrected chi connectivity index (χ1v) is 7.93. The molecule has 0 saturated heterocycles. The smallest absolute Gasteiger partial charge is 0.0929 e. The van der Waals surface area contributed by atoms with Gasteiger partial charge < -0.3 is 0 Å². The van der Waals surface area contributed by atoms with Crippen molar-refractivity contribution in [3.05, 3.63) is 31.3 Å². The van der Waals surface area contributed by atoms with E-state index < -0.39 is 0 Å². The molecule has 0 spiro atoms. The van der Waals surface area contributed by atoms with Crippen LogP contribution in [0, 0.1) is 5.92 Å². The molecule has 1 rings (SSSR count). The zero-order valence-electron chi connectivity index (χ0n) is 11.0. The Morgan fingerprint density at radius 1 is 1.53 bits per heavy atom. The maximum absolute atomic E-state index is 4.57. The predicted octanol–water partition coefficient (Wildman–Crippen LogP) is 5.47. The molecule has 0 aliphatic heterocycles. The Morgan fingerprint density at radius 2 is 2.24 bits per heavy atom. The van der Waals surface area contributed by atoms with Crippen molar-refractivity contribution in [2.75, 3.05) is 0 Å². The van der Waals surface area contributed by atoms with Crippen molar-refractivity contribution in [3.8, 4) is 0 Å². The van der Waals surface area contributed by atoms with Crippen LogP contribution in [0.3, 0.4) is 0 Å². The molecule has 0 bridgehead atoms. The van der Waals surface area contributed by atoms with E-state index in [4.69, 9.17) is 0 Å². The monoisotopic (exact) mass is 361 g/mol. The van der Waals surface area contributed by atoms with Gasteiger partial charge in [0.1, 0.15) is 0 Å². The number of halogens is 1. The highest BCUT2D eigenvalue weighted by Gasteiger charge is 2.04. The minimum atomic E-state index is 0.589. The van der Waals surface area contributed by atoms with E-state index in [9.17, 15) is 0 Å². The molecule has 0 aromatic carbocycles. The fourth-order valence-electron chi connectivity index (χ4n) is 1.45. The normalized spacial score (nSPS) is 15.1. The van der Waals surface area contributed by atoms with Crippen LogP contribution in [0.15, 0.2) is 20.6 Å². The van der Waals surface area contributed by atoms with Crippen LogP contribution >= 0.6 is 33.9 Å². The summed E-state index contributed by atoms with van der Waals surface area (Å²) in [5.41, 5.74) is 2.53. The Balaban J connectivity index is 2.67. The van der Waals surface area contributed by atoms with Crippen molar-refractivity contribution in [1.82, 2.24) is 4.98 Å². The maximum atomic E-state index is 4.57. The second kappa shape index (κ2) is 7.31. The second-order valence-electron chi connectivity index (χ2n) is 4.34. The number of rotatable bonds is 5. The average Bonchev–Trinajstić information content (AvgIpc) is 2.73. The number of hydrogen-bond acceptors (Lipinski definition) is 2. The zero-order valence-corrected chi connectivity index (χ0v) is 13.9. The van der Waals surface area contributed by atoms with Crippen molar-refractivity contribution in [2.24, 2.45) is 5.92 Å². The van der Waals surface area contributed by atoms with Gasteiger partial charge in [-0.1, -0.05) is 25.5 Å². The largest absolute Gasteiger partial charge is 0.242 e. The Morgan fingerprint density at radius 3 is 2.76 bits per heavy atom. The van der Waals surface area contributed by atoms with E-state index in [0.717, 1.165) is 18.5 Å². The molecule has 1 aromatic heterocycles. The number of thiazole rings is 1. The molecule has 3 heteroatoms. The lowest BCUT2D eigenvalue weighted by atomic mass is 9.98. The van der Waals surface area contributed by atoms with E-state index in [1.165, 1.54) is 14.2 Å². The lowest BCUT2D eigenvalue weighted by Crippen LogP contribution is -1.94. The maximum Gasteiger partial charge on any atom is 0.0929 e. The zero-order chi connectivity index (χ0) is 12.8. The summed E-state index contributed by atoms with van der Waals surface area (Å²) in [6, 6.07) is 0. The Hall–Kier alpha value is -0.160. The van der Waals surface area contributed by atoms with Crippen molar-refractivity contribution in [3.63, 3.8) is 0 Å². The first-order valence-electron chi connectivity index (χ1n) is 5.97. The van der Waals surface area contributed by atoms with Crippen molar-refractivity contribution < 1.29 is 0 Å². The van der Waals surface area contributed by atoms with Crippen LogP contribution in [0.2, 0.25) is 0 Å². The molecule has 94 valence electrons.